The largest absolute Gasteiger partial charge is 0.462 e. The standard InChI is InChI=1S/C43H63NO11/c1-24-11-10-14-30-23-50-40-36(44-48)27(4)19-33(43(30,40)47)41(46)52-32-20-31(16-15-25(2)38(24)53-35-21-34(49-6)37(45)28(5)51-35)54-42(22-32)18-17-26(3)39(55-42)29-12-8-7-9-13-29/h10-11,14-15,19,24,26,28-29,31-35,37-40,45,47-48H,7-9,12-13,16-18,20-23H2,1-6H3/b11-10+,25-15+,30-14+,44-36-/t24-,26-,28+,31-,32-,33-,34+,35-,37-,38-,39+,40-,42+,43-/m0/s1. The van der Waals surface area contributed by atoms with Crippen molar-refractivity contribution in [3.8, 4) is 0 Å². The first-order chi connectivity index (χ1) is 26.4. The molecular weight excluding hydrogens is 706 g/mol. The van der Waals surface area contributed by atoms with E-state index in [2.05, 4.69) is 32.0 Å². The first-order valence-corrected chi connectivity index (χ1v) is 20.7. The number of aliphatic hydroxyl groups is 2. The Morgan fingerprint density at radius 2 is 1.80 bits per heavy atom. The Morgan fingerprint density at radius 1 is 1.02 bits per heavy atom. The van der Waals surface area contributed by atoms with Crippen molar-refractivity contribution < 1.29 is 53.4 Å². The third-order valence-corrected chi connectivity index (χ3v) is 13.6. The molecule has 0 amide bonds. The van der Waals surface area contributed by atoms with E-state index in [4.69, 9.17) is 33.2 Å². The maximum atomic E-state index is 14.4. The van der Waals surface area contributed by atoms with Crippen LogP contribution in [0.4, 0.5) is 0 Å². The Labute approximate surface area is 325 Å². The summed E-state index contributed by atoms with van der Waals surface area (Å²) in [7, 11) is 1.59. The van der Waals surface area contributed by atoms with Crippen LogP contribution >= 0.6 is 0 Å². The van der Waals surface area contributed by atoms with E-state index in [0.717, 1.165) is 24.8 Å². The van der Waals surface area contributed by atoms with Crippen molar-refractivity contribution in [1.29, 1.82) is 0 Å². The number of carbonyl (C=O) groups is 1. The topological polar surface area (TPSA) is 155 Å². The number of oxime groups is 1. The van der Waals surface area contributed by atoms with E-state index in [1.165, 1.54) is 19.3 Å². The van der Waals surface area contributed by atoms with Crippen molar-refractivity contribution in [2.24, 2.45) is 28.8 Å². The number of ether oxygens (including phenoxy) is 7. The lowest BCUT2D eigenvalue weighted by Crippen LogP contribution is -2.57. The summed E-state index contributed by atoms with van der Waals surface area (Å²) < 4.78 is 45.1. The number of carbonyl (C=O) groups excluding carboxylic acids is 1. The number of nitrogens with zero attached hydrogens (tertiary/aromatic N) is 1. The van der Waals surface area contributed by atoms with Gasteiger partial charge in [-0.15, -0.1) is 0 Å². The summed E-state index contributed by atoms with van der Waals surface area (Å²) in [6.07, 6.45) is 14.4. The fourth-order valence-electron chi connectivity index (χ4n) is 10.4. The summed E-state index contributed by atoms with van der Waals surface area (Å²) in [5, 5.41) is 36.7. The van der Waals surface area contributed by atoms with Crippen LogP contribution in [0.5, 0.6) is 0 Å². The number of methoxy groups -OCH3 is 1. The monoisotopic (exact) mass is 769 g/mol. The Kier molecular flexibility index (Phi) is 12.5. The highest BCUT2D eigenvalue weighted by atomic mass is 16.7. The fraction of sp³-hybridized carbons (Fsp3) is 0.767. The van der Waals surface area contributed by atoms with Crippen LogP contribution in [0.15, 0.2) is 52.3 Å². The second-order valence-corrected chi connectivity index (χ2v) is 17.4. The van der Waals surface area contributed by atoms with Gasteiger partial charge in [-0.05, 0) is 75.0 Å². The molecule has 1 saturated carbocycles. The van der Waals surface area contributed by atoms with E-state index in [0.29, 0.717) is 55.1 Å². The number of allylic oxidation sites excluding steroid dienone is 2. The minimum atomic E-state index is -1.83. The van der Waals surface area contributed by atoms with E-state index >= 15 is 0 Å². The number of rotatable bonds is 4. The molecule has 12 heteroatoms. The smallest absolute Gasteiger partial charge is 0.316 e. The van der Waals surface area contributed by atoms with Crippen molar-refractivity contribution in [3.63, 3.8) is 0 Å². The SMILES string of the molecule is CO[C@@H]1C[C@H](O[C@@H]2/C(C)=C/C[C@H]3C[C@@H](C[C@]4(CC[C@H](C)[C@H](C5CCCCC5)O4)O3)OC(=O)[C@@H]3C=C(C)/C(=N/O)[C@@H]4OC/C(=C\C=C\[C@@H]2C)[C@]34O)O[C@H](C)[C@@H]1O. The molecule has 0 aromatic rings. The summed E-state index contributed by atoms with van der Waals surface area (Å²) >= 11 is 0. The zero-order valence-corrected chi connectivity index (χ0v) is 33.4. The summed E-state index contributed by atoms with van der Waals surface area (Å²) in [5.74, 6) is -1.83. The number of esters is 1. The van der Waals surface area contributed by atoms with Crippen LogP contribution in [0.3, 0.4) is 0 Å². The van der Waals surface area contributed by atoms with Crippen molar-refractivity contribution in [3.05, 3.63) is 47.1 Å². The number of hydrogen-bond donors (Lipinski definition) is 3. The van der Waals surface area contributed by atoms with Crippen LogP contribution in [-0.4, -0.2) is 107 Å². The molecule has 5 heterocycles. The molecule has 4 saturated heterocycles. The van der Waals surface area contributed by atoms with Gasteiger partial charge in [0.05, 0.1) is 37.1 Å². The molecule has 5 aliphatic heterocycles. The van der Waals surface area contributed by atoms with Gasteiger partial charge in [-0.2, -0.15) is 0 Å². The van der Waals surface area contributed by atoms with Crippen LogP contribution < -0.4 is 0 Å². The average Bonchev–Trinajstić information content (AvgIpc) is 3.50. The van der Waals surface area contributed by atoms with Crippen LogP contribution in [0.1, 0.15) is 105 Å². The van der Waals surface area contributed by atoms with Crippen LogP contribution in [0.2, 0.25) is 0 Å². The van der Waals surface area contributed by atoms with Crippen LogP contribution in [-0.2, 0) is 38.0 Å². The maximum absolute atomic E-state index is 14.4. The van der Waals surface area contributed by atoms with E-state index in [-0.39, 0.29) is 30.4 Å². The molecule has 5 fully saturated rings. The molecule has 14 atom stereocenters. The van der Waals surface area contributed by atoms with Gasteiger partial charge in [0.25, 0.3) is 0 Å². The Hall–Kier alpha value is -2.42. The molecule has 0 unspecified atom stereocenters. The van der Waals surface area contributed by atoms with Crippen molar-refractivity contribution in [2.75, 3.05) is 13.7 Å². The minimum Gasteiger partial charge on any atom is -0.462 e. The van der Waals surface area contributed by atoms with Crippen LogP contribution in [0, 0.1) is 23.7 Å². The summed E-state index contributed by atoms with van der Waals surface area (Å²) in [6, 6.07) is 0. The lowest BCUT2D eigenvalue weighted by Gasteiger charge is -2.51. The second kappa shape index (κ2) is 16.8. The molecule has 7 rings (SSSR count). The molecule has 0 aromatic carbocycles. The molecule has 306 valence electrons. The van der Waals surface area contributed by atoms with E-state index < -0.39 is 66.2 Å². The molecule has 7 aliphatic rings. The molecule has 0 radical (unpaired) electrons. The first kappa shape index (κ1) is 40.8. The minimum absolute atomic E-state index is 0.0359. The summed E-state index contributed by atoms with van der Waals surface area (Å²) in [4.78, 5) is 14.4. The number of aliphatic hydroxyl groups excluding tert-OH is 1. The number of hydrogen-bond acceptors (Lipinski definition) is 12. The zero-order chi connectivity index (χ0) is 39.1. The average molecular weight is 770 g/mol. The molecule has 12 nitrogen and oxygen atoms in total. The normalized spacial score (nSPS) is 47.9. The van der Waals surface area contributed by atoms with Crippen LogP contribution in [0.25, 0.3) is 0 Å². The van der Waals surface area contributed by atoms with Crippen molar-refractivity contribution in [2.45, 2.75) is 172 Å². The molecule has 2 aliphatic carbocycles. The lowest BCUT2D eigenvalue weighted by atomic mass is 9.71. The van der Waals surface area contributed by atoms with Gasteiger partial charge < -0.3 is 48.6 Å². The van der Waals surface area contributed by atoms with E-state index in [1.54, 1.807) is 26.2 Å². The maximum Gasteiger partial charge on any atom is 0.316 e. The third kappa shape index (κ3) is 8.17. The Bertz CT molecular complexity index is 1550. The van der Waals surface area contributed by atoms with Gasteiger partial charge >= 0.3 is 5.97 Å². The molecule has 55 heavy (non-hydrogen) atoms. The molecule has 0 aromatic heterocycles. The van der Waals surface area contributed by atoms with Gasteiger partial charge in [0.1, 0.15) is 35.5 Å². The van der Waals surface area contributed by atoms with Gasteiger partial charge in [0.15, 0.2) is 12.1 Å². The highest BCUT2D eigenvalue weighted by Gasteiger charge is 2.60. The van der Waals surface area contributed by atoms with Crippen molar-refractivity contribution in [1.82, 2.24) is 0 Å². The Balaban J connectivity index is 1.25. The zero-order valence-electron chi connectivity index (χ0n) is 33.4. The molecule has 2 bridgehead atoms. The second-order valence-electron chi connectivity index (χ2n) is 17.4. The van der Waals surface area contributed by atoms with E-state index in [1.807, 2.05) is 19.1 Å². The van der Waals surface area contributed by atoms with E-state index in [9.17, 15) is 20.2 Å². The third-order valence-electron chi connectivity index (χ3n) is 13.6. The van der Waals surface area contributed by atoms with Gasteiger partial charge in [-0.1, -0.05) is 68.6 Å². The fourth-order valence-corrected chi connectivity index (χ4v) is 10.4. The number of fused-ring (bicyclic) bond motifs is 2. The quantitative estimate of drug-likeness (QED) is 0.132. The predicted octanol–water partition coefficient (Wildman–Crippen LogP) is 6.07. The van der Waals surface area contributed by atoms with Crippen molar-refractivity contribution >= 4 is 11.7 Å². The Morgan fingerprint density at radius 3 is 2.55 bits per heavy atom. The van der Waals surface area contributed by atoms with Gasteiger partial charge in [0, 0.05) is 38.7 Å². The van der Waals surface area contributed by atoms with Gasteiger partial charge in [-0.3, -0.25) is 4.79 Å². The van der Waals surface area contributed by atoms with Gasteiger partial charge in [0.2, 0.25) is 0 Å². The first-order valence-electron chi connectivity index (χ1n) is 20.7. The summed E-state index contributed by atoms with van der Waals surface area (Å²) in [6.45, 7) is 10.0. The lowest BCUT2D eigenvalue weighted by molar-refractivity contribution is -0.342. The molecule has 1 spiro atoms. The highest BCUT2D eigenvalue weighted by Crippen LogP contribution is 2.48. The highest BCUT2D eigenvalue weighted by molar-refractivity contribution is 6.06. The molecule has 3 N–H and O–H groups in total. The predicted molar refractivity (Wildman–Crippen MR) is 203 cm³/mol. The van der Waals surface area contributed by atoms with Gasteiger partial charge in [-0.25, -0.2) is 0 Å². The molecular formula is C43H63NO11. The summed E-state index contributed by atoms with van der Waals surface area (Å²) in [5.41, 5.74) is 0.362.